The number of piperidine rings is 2. The second-order valence-corrected chi connectivity index (χ2v) is 8.09. The van der Waals surface area contributed by atoms with Crippen molar-refractivity contribution in [3.63, 3.8) is 0 Å². The van der Waals surface area contributed by atoms with E-state index in [0.29, 0.717) is 62.8 Å². The average molecular weight is 402 g/mol. The van der Waals surface area contributed by atoms with E-state index in [-0.39, 0.29) is 23.7 Å². The minimum Gasteiger partial charge on any atom is -0.469 e. The van der Waals surface area contributed by atoms with Gasteiger partial charge in [0.1, 0.15) is 0 Å². The number of ether oxygens (including phenoxy) is 1. The van der Waals surface area contributed by atoms with E-state index in [1.54, 1.807) is 24.5 Å². The number of pyridine rings is 1. The second kappa shape index (κ2) is 9.85. The van der Waals surface area contributed by atoms with E-state index in [0.717, 1.165) is 12.8 Å². The van der Waals surface area contributed by atoms with Crippen molar-refractivity contribution >= 4 is 17.8 Å². The molecule has 1 aromatic heterocycles. The third kappa shape index (κ3) is 5.14. The summed E-state index contributed by atoms with van der Waals surface area (Å²) >= 11 is 0. The Morgan fingerprint density at radius 2 is 1.83 bits per heavy atom. The normalized spacial score (nSPS) is 23.0. The first kappa shape index (κ1) is 21.3. The maximum absolute atomic E-state index is 12.8. The van der Waals surface area contributed by atoms with Gasteiger partial charge in [-0.1, -0.05) is 13.3 Å². The largest absolute Gasteiger partial charge is 0.469 e. The lowest BCUT2D eigenvalue weighted by Crippen LogP contribution is -2.46. The highest BCUT2D eigenvalue weighted by Gasteiger charge is 2.34. The first-order valence-corrected chi connectivity index (χ1v) is 10.6. The lowest BCUT2D eigenvalue weighted by molar-refractivity contribution is -0.149. The molecule has 2 atom stereocenters. The van der Waals surface area contributed by atoms with Crippen molar-refractivity contribution in [2.24, 2.45) is 17.8 Å². The first-order valence-electron chi connectivity index (χ1n) is 10.6. The fraction of sp³-hybridized carbons (Fsp3) is 0.636. The Morgan fingerprint density at radius 3 is 2.45 bits per heavy atom. The number of carbonyl (C=O) groups excluding carboxylic acids is 3. The number of rotatable bonds is 5. The summed E-state index contributed by atoms with van der Waals surface area (Å²) in [6.07, 6.45) is 6.93. The number of hydrogen-bond acceptors (Lipinski definition) is 5. The number of nitrogens with zero attached hydrogens (tertiary/aromatic N) is 3. The zero-order chi connectivity index (χ0) is 20.8. The number of amides is 2. The summed E-state index contributed by atoms with van der Waals surface area (Å²) in [6, 6.07) is 3.57. The molecule has 7 heteroatoms. The summed E-state index contributed by atoms with van der Waals surface area (Å²) < 4.78 is 4.82. The van der Waals surface area contributed by atoms with Crippen molar-refractivity contribution in [3.05, 3.63) is 30.1 Å². The fourth-order valence-corrected chi connectivity index (χ4v) is 4.55. The Morgan fingerprint density at radius 1 is 1.10 bits per heavy atom. The smallest absolute Gasteiger partial charge is 0.308 e. The van der Waals surface area contributed by atoms with Crippen LogP contribution < -0.4 is 0 Å². The molecule has 2 aliphatic rings. The van der Waals surface area contributed by atoms with Crippen LogP contribution >= 0.6 is 0 Å². The molecule has 0 spiro atoms. The molecule has 0 bridgehead atoms. The van der Waals surface area contributed by atoms with E-state index in [9.17, 15) is 14.4 Å². The van der Waals surface area contributed by atoms with Gasteiger partial charge in [0, 0.05) is 45.0 Å². The number of aromatic nitrogens is 1. The highest BCUT2D eigenvalue weighted by atomic mass is 16.5. The summed E-state index contributed by atoms with van der Waals surface area (Å²) in [5.74, 6) is 0.544. The van der Waals surface area contributed by atoms with Crippen molar-refractivity contribution in [1.82, 2.24) is 14.8 Å². The third-order valence-electron chi connectivity index (χ3n) is 6.43. The van der Waals surface area contributed by atoms with E-state index in [2.05, 4.69) is 11.9 Å². The van der Waals surface area contributed by atoms with Crippen LogP contribution in [0.3, 0.4) is 0 Å². The maximum Gasteiger partial charge on any atom is 0.308 e. The van der Waals surface area contributed by atoms with Gasteiger partial charge in [-0.05, 0) is 43.2 Å². The predicted octanol–water partition coefficient (Wildman–Crippen LogP) is 2.37. The predicted molar refractivity (Wildman–Crippen MR) is 108 cm³/mol. The van der Waals surface area contributed by atoms with Gasteiger partial charge in [-0.2, -0.15) is 0 Å². The molecule has 1 aromatic rings. The van der Waals surface area contributed by atoms with Crippen molar-refractivity contribution in [2.75, 3.05) is 33.3 Å². The van der Waals surface area contributed by atoms with Crippen molar-refractivity contribution in [3.8, 4) is 0 Å². The third-order valence-corrected chi connectivity index (χ3v) is 6.43. The van der Waals surface area contributed by atoms with Crippen LogP contribution in [0.5, 0.6) is 0 Å². The number of likely N-dealkylation sites (tertiary alicyclic amines) is 2. The van der Waals surface area contributed by atoms with Crippen LogP contribution in [-0.2, 0) is 14.3 Å². The van der Waals surface area contributed by atoms with Crippen LogP contribution in [0.2, 0.25) is 0 Å². The molecule has 2 aliphatic heterocycles. The number of carbonyl (C=O) groups is 3. The molecule has 0 radical (unpaired) electrons. The quantitative estimate of drug-likeness (QED) is 0.708. The van der Waals surface area contributed by atoms with Crippen molar-refractivity contribution in [2.45, 2.75) is 39.0 Å². The molecule has 2 saturated heterocycles. The molecule has 2 fully saturated rings. The molecule has 3 heterocycles. The van der Waals surface area contributed by atoms with Gasteiger partial charge in [0.25, 0.3) is 5.91 Å². The van der Waals surface area contributed by atoms with Crippen molar-refractivity contribution < 1.29 is 19.1 Å². The van der Waals surface area contributed by atoms with Crippen molar-refractivity contribution in [1.29, 1.82) is 0 Å². The first-order chi connectivity index (χ1) is 14.0. The minimum absolute atomic E-state index is 0.0196. The Labute approximate surface area is 172 Å². The molecule has 0 aromatic carbocycles. The van der Waals surface area contributed by atoms with Gasteiger partial charge in [-0.3, -0.25) is 19.4 Å². The van der Waals surface area contributed by atoms with Gasteiger partial charge in [0.15, 0.2) is 0 Å². The van der Waals surface area contributed by atoms with E-state index < -0.39 is 0 Å². The summed E-state index contributed by atoms with van der Waals surface area (Å²) in [6.45, 7) is 4.72. The van der Waals surface area contributed by atoms with Gasteiger partial charge < -0.3 is 14.5 Å². The zero-order valence-corrected chi connectivity index (χ0v) is 17.4. The minimum atomic E-state index is -0.172. The SMILES string of the molecule is CCC1CN(C(=O)c2cccnc2)CCC1CC(=O)N1CCC(C(=O)OC)CC1. The summed E-state index contributed by atoms with van der Waals surface area (Å²) in [7, 11) is 1.41. The Hall–Kier alpha value is -2.44. The van der Waals surface area contributed by atoms with E-state index in [4.69, 9.17) is 4.74 Å². The van der Waals surface area contributed by atoms with Crippen LogP contribution in [0.1, 0.15) is 49.4 Å². The summed E-state index contributed by atoms with van der Waals surface area (Å²) in [5, 5.41) is 0. The highest BCUT2D eigenvalue weighted by molar-refractivity contribution is 5.94. The number of esters is 1. The summed E-state index contributed by atoms with van der Waals surface area (Å²) in [5.41, 5.74) is 0.616. The molecule has 0 aliphatic carbocycles. The summed E-state index contributed by atoms with van der Waals surface area (Å²) in [4.78, 5) is 45.0. The van der Waals surface area contributed by atoms with Gasteiger partial charge in [-0.15, -0.1) is 0 Å². The van der Waals surface area contributed by atoms with Gasteiger partial charge in [-0.25, -0.2) is 0 Å². The molecule has 158 valence electrons. The van der Waals surface area contributed by atoms with Crippen LogP contribution in [0, 0.1) is 17.8 Å². The van der Waals surface area contributed by atoms with Crippen LogP contribution in [-0.4, -0.2) is 65.9 Å². The molecule has 0 N–H and O–H groups in total. The lowest BCUT2D eigenvalue weighted by atomic mass is 9.81. The fourth-order valence-electron chi connectivity index (χ4n) is 4.55. The molecular weight excluding hydrogens is 370 g/mol. The molecule has 2 unspecified atom stereocenters. The molecule has 2 amide bonds. The van der Waals surface area contributed by atoms with Crippen LogP contribution in [0.25, 0.3) is 0 Å². The Bertz CT molecular complexity index is 716. The second-order valence-electron chi connectivity index (χ2n) is 8.09. The average Bonchev–Trinajstić information content (AvgIpc) is 2.78. The van der Waals surface area contributed by atoms with E-state index in [1.807, 2.05) is 9.80 Å². The number of methoxy groups -OCH3 is 1. The van der Waals surface area contributed by atoms with Gasteiger partial charge >= 0.3 is 5.97 Å². The topological polar surface area (TPSA) is 79.8 Å². The Kier molecular flexibility index (Phi) is 7.23. The standard InChI is InChI=1S/C22H31N3O4/c1-3-16-15-25(21(27)19-5-4-9-23-14-19)12-8-18(16)13-20(26)24-10-6-17(7-11-24)22(28)29-2/h4-5,9,14,16-18H,3,6-8,10-13,15H2,1-2H3. The van der Waals surface area contributed by atoms with Crippen LogP contribution in [0.15, 0.2) is 24.5 Å². The Balaban J connectivity index is 1.52. The maximum atomic E-state index is 12.8. The van der Waals surface area contributed by atoms with Gasteiger partial charge in [0.2, 0.25) is 5.91 Å². The highest BCUT2D eigenvalue weighted by Crippen LogP contribution is 2.31. The van der Waals surface area contributed by atoms with E-state index in [1.165, 1.54) is 7.11 Å². The molecule has 29 heavy (non-hydrogen) atoms. The monoisotopic (exact) mass is 401 g/mol. The van der Waals surface area contributed by atoms with E-state index >= 15 is 0 Å². The zero-order valence-electron chi connectivity index (χ0n) is 17.4. The van der Waals surface area contributed by atoms with Gasteiger partial charge in [0.05, 0.1) is 18.6 Å². The number of hydrogen-bond donors (Lipinski definition) is 0. The lowest BCUT2D eigenvalue weighted by Gasteiger charge is -2.39. The van der Waals surface area contributed by atoms with Crippen LogP contribution in [0.4, 0.5) is 0 Å². The molecule has 0 saturated carbocycles. The molecular formula is C22H31N3O4. The molecule has 7 nitrogen and oxygen atoms in total. The molecule has 3 rings (SSSR count).